The van der Waals surface area contributed by atoms with E-state index >= 15 is 0 Å². The summed E-state index contributed by atoms with van der Waals surface area (Å²) >= 11 is 0. The van der Waals surface area contributed by atoms with Crippen LogP contribution in [0.5, 0.6) is 5.75 Å². The summed E-state index contributed by atoms with van der Waals surface area (Å²) in [4.78, 5) is 2.06. The topological polar surface area (TPSA) is 63.9 Å². The Balaban J connectivity index is 1.48. The van der Waals surface area contributed by atoms with E-state index in [-0.39, 0.29) is 5.75 Å². The number of aromatic hydroxyl groups is 1. The van der Waals surface area contributed by atoms with Crippen molar-refractivity contribution >= 4 is 48.8 Å². The molecule has 7 rings (SSSR count). The summed E-state index contributed by atoms with van der Waals surface area (Å²) in [5.74, 6) is -0.844. The molecule has 188 valence electrons. The molecule has 0 amide bonds. The van der Waals surface area contributed by atoms with Crippen LogP contribution in [0.25, 0.3) is 43.1 Å². The Labute approximate surface area is 221 Å². The van der Waals surface area contributed by atoms with Gasteiger partial charge in [0.05, 0.1) is 17.9 Å². The van der Waals surface area contributed by atoms with Crippen molar-refractivity contribution in [3.05, 3.63) is 108 Å². The summed E-state index contributed by atoms with van der Waals surface area (Å²) in [6.07, 6.45) is -1.65. The number of hydrogen-bond donors (Lipinski definition) is 3. The first-order valence-corrected chi connectivity index (χ1v) is 13.1. The largest absolute Gasteiger partial charge is 0.507 e. The lowest BCUT2D eigenvalue weighted by molar-refractivity contribution is -0.0766. The SMILES string of the molecule is CN(C)c1c2ccccc2c(C2C(O)C(c3c4ccccc4cc4ccccc34)C2O)c2c(O)cccc12. The number of aliphatic hydroxyl groups excluding tert-OH is 2. The van der Waals surface area contributed by atoms with Gasteiger partial charge in [0, 0.05) is 42.1 Å². The maximum absolute atomic E-state index is 11.9. The van der Waals surface area contributed by atoms with Crippen molar-refractivity contribution in [2.24, 2.45) is 0 Å². The van der Waals surface area contributed by atoms with E-state index in [1.807, 2.05) is 68.7 Å². The van der Waals surface area contributed by atoms with Crippen molar-refractivity contribution in [1.29, 1.82) is 0 Å². The molecule has 6 aromatic carbocycles. The molecular weight excluding hydrogens is 470 g/mol. The van der Waals surface area contributed by atoms with E-state index in [9.17, 15) is 15.3 Å². The molecule has 2 atom stereocenters. The number of benzene rings is 6. The molecule has 0 saturated heterocycles. The summed E-state index contributed by atoms with van der Waals surface area (Å²) in [5.41, 5.74) is 2.80. The average Bonchev–Trinajstić information content (AvgIpc) is 2.92. The van der Waals surface area contributed by atoms with Crippen molar-refractivity contribution in [1.82, 2.24) is 0 Å². The third-order valence-electron chi connectivity index (χ3n) is 8.44. The molecule has 4 heteroatoms. The number of phenolic OH excluding ortho intramolecular Hbond substituents is 1. The fourth-order valence-electron chi connectivity index (χ4n) is 6.85. The summed E-state index contributed by atoms with van der Waals surface area (Å²) in [7, 11) is 4.00. The Bertz CT molecular complexity index is 1810. The molecule has 0 bridgehead atoms. The summed E-state index contributed by atoms with van der Waals surface area (Å²) < 4.78 is 0. The van der Waals surface area contributed by atoms with Gasteiger partial charge in [-0.25, -0.2) is 0 Å². The van der Waals surface area contributed by atoms with Crippen LogP contribution in [-0.4, -0.2) is 41.6 Å². The molecule has 0 radical (unpaired) electrons. The number of anilines is 1. The minimum absolute atomic E-state index is 0.157. The minimum Gasteiger partial charge on any atom is -0.507 e. The zero-order chi connectivity index (χ0) is 26.1. The Morgan fingerprint density at radius 1 is 0.553 bits per heavy atom. The van der Waals surface area contributed by atoms with Gasteiger partial charge in [0.2, 0.25) is 0 Å². The second-order valence-electron chi connectivity index (χ2n) is 10.7. The highest BCUT2D eigenvalue weighted by molar-refractivity contribution is 6.16. The number of rotatable bonds is 3. The molecule has 3 N–H and O–H groups in total. The van der Waals surface area contributed by atoms with Crippen LogP contribution in [0.3, 0.4) is 0 Å². The van der Waals surface area contributed by atoms with E-state index in [1.165, 1.54) is 0 Å². The van der Waals surface area contributed by atoms with E-state index < -0.39 is 24.0 Å². The highest BCUT2D eigenvalue weighted by Crippen LogP contribution is 2.56. The lowest BCUT2D eigenvalue weighted by atomic mass is 9.60. The molecule has 0 aliphatic heterocycles. The van der Waals surface area contributed by atoms with E-state index in [1.54, 1.807) is 6.07 Å². The van der Waals surface area contributed by atoms with Crippen molar-refractivity contribution in [3.8, 4) is 5.75 Å². The van der Waals surface area contributed by atoms with Crippen LogP contribution in [0.4, 0.5) is 5.69 Å². The average molecular weight is 500 g/mol. The minimum atomic E-state index is -0.823. The second-order valence-corrected chi connectivity index (χ2v) is 10.7. The predicted octanol–water partition coefficient (Wildman–Crippen LogP) is 6.67. The third-order valence-corrected chi connectivity index (χ3v) is 8.44. The normalized spacial score (nSPS) is 21.3. The van der Waals surface area contributed by atoms with Gasteiger partial charge in [0.1, 0.15) is 5.75 Å². The quantitative estimate of drug-likeness (QED) is 0.238. The van der Waals surface area contributed by atoms with Crippen LogP contribution < -0.4 is 4.90 Å². The molecule has 1 aliphatic rings. The molecule has 2 unspecified atom stereocenters. The van der Waals surface area contributed by atoms with Crippen LogP contribution in [0.15, 0.2) is 97.1 Å². The van der Waals surface area contributed by atoms with Crippen LogP contribution in [0, 0.1) is 0 Å². The van der Waals surface area contributed by atoms with Gasteiger partial charge in [0.25, 0.3) is 0 Å². The van der Waals surface area contributed by atoms with Crippen LogP contribution >= 0.6 is 0 Å². The molecule has 1 saturated carbocycles. The number of nitrogens with zero attached hydrogens (tertiary/aromatic N) is 1. The Hall–Kier alpha value is -4.12. The van der Waals surface area contributed by atoms with Crippen LogP contribution in [0.2, 0.25) is 0 Å². The first-order valence-electron chi connectivity index (χ1n) is 13.1. The van der Waals surface area contributed by atoms with E-state index in [0.29, 0.717) is 5.39 Å². The fraction of sp³-hybridized carbons (Fsp3) is 0.176. The Morgan fingerprint density at radius 2 is 1.05 bits per heavy atom. The maximum atomic E-state index is 11.9. The van der Waals surface area contributed by atoms with Crippen LogP contribution in [-0.2, 0) is 0 Å². The summed E-state index contributed by atoms with van der Waals surface area (Å²) in [6, 6.07) is 32.2. The lowest BCUT2D eigenvalue weighted by Gasteiger charge is -2.48. The van der Waals surface area contributed by atoms with Gasteiger partial charge in [0.15, 0.2) is 0 Å². The highest BCUT2D eigenvalue weighted by atomic mass is 16.3. The zero-order valence-corrected chi connectivity index (χ0v) is 21.3. The molecule has 38 heavy (non-hydrogen) atoms. The molecular formula is C34H29NO3. The summed E-state index contributed by atoms with van der Waals surface area (Å²) in [5, 5.41) is 42.8. The lowest BCUT2D eigenvalue weighted by Crippen LogP contribution is -2.52. The Morgan fingerprint density at radius 3 is 1.66 bits per heavy atom. The van der Waals surface area contributed by atoms with Gasteiger partial charge in [-0.1, -0.05) is 84.9 Å². The molecule has 0 aromatic heterocycles. The number of hydrogen-bond acceptors (Lipinski definition) is 4. The smallest absolute Gasteiger partial charge is 0.123 e. The van der Waals surface area contributed by atoms with Gasteiger partial charge in [-0.15, -0.1) is 0 Å². The van der Waals surface area contributed by atoms with Crippen molar-refractivity contribution in [2.75, 3.05) is 19.0 Å². The first kappa shape index (κ1) is 23.0. The van der Waals surface area contributed by atoms with Gasteiger partial charge in [-0.3, -0.25) is 0 Å². The molecule has 4 nitrogen and oxygen atoms in total. The third kappa shape index (κ3) is 3.11. The molecule has 1 aliphatic carbocycles. The maximum Gasteiger partial charge on any atom is 0.123 e. The van der Waals surface area contributed by atoms with Crippen molar-refractivity contribution in [2.45, 2.75) is 24.0 Å². The summed E-state index contributed by atoms with van der Waals surface area (Å²) in [6.45, 7) is 0. The number of fused-ring (bicyclic) bond motifs is 4. The van der Waals surface area contributed by atoms with Crippen molar-refractivity contribution < 1.29 is 15.3 Å². The zero-order valence-electron chi connectivity index (χ0n) is 21.3. The van der Waals surface area contributed by atoms with Gasteiger partial charge >= 0.3 is 0 Å². The molecule has 6 aromatic rings. The number of phenols is 1. The molecule has 0 heterocycles. The van der Waals surface area contributed by atoms with E-state index in [4.69, 9.17) is 0 Å². The molecule has 0 spiro atoms. The van der Waals surface area contributed by atoms with Gasteiger partial charge in [-0.2, -0.15) is 0 Å². The van der Waals surface area contributed by atoms with E-state index in [2.05, 4.69) is 41.3 Å². The highest BCUT2D eigenvalue weighted by Gasteiger charge is 2.52. The van der Waals surface area contributed by atoms with Crippen LogP contribution in [0.1, 0.15) is 23.0 Å². The first-order chi connectivity index (χ1) is 18.5. The predicted molar refractivity (Wildman–Crippen MR) is 156 cm³/mol. The standard InChI is InChI=1S/C34H29NO3/c1-35(2)32-24-15-8-7-14-23(24)29(28-25(32)16-9-17-26(28)36)31-33(37)30(34(31)38)27-21-12-5-3-10-19(21)18-20-11-4-6-13-22(20)27/h3-18,30-31,33-34,36-38H,1-2H3. The number of aliphatic hydroxyl groups is 2. The van der Waals surface area contributed by atoms with E-state index in [0.717, 1.165) is 54.5 Å². The van der Waals surface area contributed by atoms with Gasteiger partial charge in [-0.05, 0) is 50.2 Å². The fourth-order valence-corrected chi connectivity index (χ4v) is 6.85. The monoisotopic (exact) mass is 499 g/mol. The Kier molecular flexibility index (Phi) is 5.12. The van der Waals surface area contributed by atoms with Crippen molar-refractivity contribution in [3.63, 3.8) is 0 Å². The van der Waals surface area contributed by atoms with Gasteiger partial charge < -0.3 is 20.2 Å². The second kappa shape index (κ2) is 8.45. The molecule has 1 fully saturated rings.